The SMILES string of the molecule is O=NO.[H-].[H-].[Li+].[Na+]. The first-order valence-electron chi connectivity index (χ1n) is 0.383. The van der Waals surface area contributed by atoms with Crippen LogP contribution in [0.2, 0.25) is 0 Å². The van der Waals surface area contributed by atoms with Crippen LogP contribution in [0, 0.1) is 4.91 Å². The van der Waals surface area contributed by atoms with Crippen molar-refractivity contribution in [1.29, 1.82) is 0 Å². The Balaban J connectivity index is -0.00000000333. The van der Waals surface area contributed by atoms with Crippen molar-refractivity contribution < 1.29 is 56.5 Å². The monoisotopic (exact) mass is 79.0 g/mol. The predicted octanol–water partition coefficient (Wildman–Crippen LogP) is -5.62. The van der Waals surface area contributed by atoms with E-state index < -0.39 is 0 Å². The fourth-order valence-electron chi connectivity index (χ4n) is 0. The molecule has 0 fully saturated rings. The molecule has 1 N–H and O–H groups in total. The van der Waals surface area contributed by atoms with Gasteiger partial charge in [0.05, 0.1) is 0 Å². The van der Waals surface area contributed by atoms with Crippen LogP contribution in [0.5, 0.6) is 0 Å². The molecule has 0 aliphatic heterocycles. The van der Waals surface area contributed by atoms with Crippen LogP contribution in [0.1, 0.15) is 2.85 Å². The zero-order chi connectivity index (χ0) is 2.71. The molecule has 0 aromatic heterocycles. The quantitative estimate of drug-likeness (QED) is 0.179. The van der Waals surface area contributed by atoms with E-state index in [1.54, 1.807) is 0 Å². The van der Waals surface area contributed by atoms with Crippen molar-refractivity contribution in [1.82, 2.24) is 0 Å². The van der Waals surface area contributed by atoms with Gasteiger partial charge in [-0.15, -0.1) is 4.91 Å². The topological polar surface area (TPSA) is 49.7 Å². The molecule has 0 unspecified atom stereocenters. The number of hydrogen-bond donors (Lipinski definition) is 1. The minimum absolute atomic E-state index is 0. The van der Waals surface area contributed by atoms with Crippen LogP contribution in [0.15, 0.2) is 5.34 Å². The Bertz CT molecular complexity index is 23.2. The van der Waals surface area contributed by atoms with E-state index in [9.17, 15) is 0 Å². The van der Waals surface area contributed by atoms with Crippen LogP contribution in [0.3, 0.4) is 0 Å². The van der Waals surface area contributed by atoms with Crippen molar-refractivity contribution in [2.45, 2.75) is 0 Å². The normalized spacial score (nSPS) is 2.40. The number of hydrogen-bond acceptors (Lipinski definition) is 2. The van der Waals surface area contributed by atoms with Crippen LogP contribution < -0.4 is 48.4 Å². The zero-order valence-electron chi connectivity index (χ0n) is 5.30. The van der Waals surface area contributed by atoms with Crippen LogP contribution in [-0.4, -0.2) is 5.21 Å². The van der Waals surface area contributed by atoms with Crippen LogP contribution in [0.4, 0.5) is 0 Å². The summed E-state index contributed by atoms with van der Waals surface area (Å²) in [6.07, 6.45) is 0. The van der Waals surface area contributed by atoms with E-state index in [0.717, 1.165) is 0 Å². The molecule has 0 spiro atoms. The molecule has 0 aliphatic rings. The van der Waals surface area contributed by atoms with E-state index in [1.165, 1.54) is 5.34 Å². The second kappa shape index (κ2) is 20.0. The Morgan fingerprint density at radius 2 is 1.80 bits per heavy atom. The third kappa shape index (κ3) is 45.1. The van der Waals surface area contributed by atoms with Gasteiger partial charge in [0.25, 0.3) is 0 Å². The molecule has 3 nitrogen and oxygen atoms in total. The maximum Gasteiger partial charge on any atom is 1.00 e. The summed E-state index contributed by atoms with van der Waals surface area (Å²) in [7, 11) is 0. The first-order chi connectivity index (χ1) is 1.41. The summed E-state index contributed by atoms with van der Waals surface area (Å²) in [6, 6.07) is 0. The third-order valence-corrected chi connectivity index (χ3v) is 0. The number of rotatable bonds is 0. The van der Waals surface area contributed by atoms with Crippen molar-refractivity contribution in [3.63, 3.8) is 0 Å². The van der Waals surface area contributed by atoms with Gasteiger partial charge >= 0.3 is 48.4 Å². The summed E-state index contributed by atoms with van der Waals surface area (Å²) in [5.41, 5.74) is 0. The standard InChI is InChI=1S/Li.HNO2.Na.2H/c;2-1-3;;;/h;(H,2,3);;;/q+1;;+1;2*-1. The van der Waals surface area contributed by atoms with Crippen molar-refractivity contribution in [3.05, 3.63) is 4.91 Å². The van der Waals surface area contributed by atoms with E-state index in [1.807, 2.05) is 0 Å². The smallest absolute Gasteiger partial charge is 1.00 e. The fourth-order valence-corrected chi connectivity index (χ4v) is 0. The number of nitrogens with zero attached hydrogens (tertiary/aromatic N) is 1. The van der Waals surface area contributed by atoms with Gasteiger partial charge in [-0.25, -0.2) is 0 Å². The molecule has 0 amide bonds. The molecule has 0 atom stereocenters. The van der Waals surface area contributed by atoms with Gasteiger partial charge in [-0.3, -0.25) is 0 Å². The largest absolute Gasteiger partial charge is 1.00 e. The average Bonchev–Trinajstić information content (AvgIpc) is 0.918. The van der Waals surface area contributed by atoms with Gasteiger partial charge < -0.3 is 8.06 Å². The third-order valence-electron chi connectivity index (χ3n) is 0. The Hall–Kier alpha value is 0.997. The van der Waals surface area contributed by atoms with Crippen molar-refractivity contribution in [2.24, 2.45) is 5.34 Å². The molecule has 5 heavy (non-hydrogen) atoms. The molecule has 5 heteroatoms. The summed E-state index contributed by atoms with van der Waals surface area (Å²) >= 11 is 0. The van der Waals surface area contributed by atoms with Gasteiger partial charge in [0.2, 0.25) is 0 Å². The van der Waals surface area contributed by atoms with E-state index >= 15 is 0 Å². The molecule has 0 rings (SSSR count). The first kappa shape index (κ1) is 16.7. The molecule has 0 heterocycles. The summed E-state index contributed by atoms with van der Waals surface area (Å²) in [6.45, 7) is 0. The molecule has 0 aliphatic carbocycles. The summed E-state index contributed by atoms with van der Waals surface area (Å²) in [5, 5.41) is 7.89. The second-order valence-electron chi connectivity index (χ2n) is 0.0816. The van der Waals surface area contributed by atoms with Crippen LogP contribution in [-0.2, 0) is 0 Å². The van der Waals surface area contributed by atoms with Crippen LogP contribution in [0.25, 0.3) is 0 Å². The Kier molecular flexibility index (Phi) is 66.7. The molecular formula is H3LiNNaO2. The van der Waals surface area contributed by atoms with E-state index in [0.29, 0.717) is 0 Å². The van der Waals surface area contributed by atoms with Gasteiger partial charge in [0.15, 0.2) is 5.34 Å². The molecule has 0 radical (unpaired) electrons. The second-order valence-corrected chi connectivity index (χ2v) is 0.0816. The van der Waals surface area contributed by atoms with Crippen molar-refractivity contribution in [3.8, 4) is 0 Å². The summed E-state index contributed by atoms with van der Waals surface area (Å²) in [5.74, 6) is 0. The Morgan fingerprint density at radius 3 is 1.80 bits per heavy atom. The maximum atomic E-state index is 8.11. The van der Waals surface area contributed by atoms with E-state index in [2.05, 4.69) is 0 Å². The van der Waals surface area contributed by atoms with E-state index in [-0.39, 0.29) is 51.3 Å². The van der Waals surface area contributed by atoms with E-state index in [4.69, 9.17) is 10.1 Å². The molecule has 0 saturated heterocycles. The minimum Gasteiger partial charge on any atom is -1.00 e. The molecule has 0 bridgehead atoms. The van der Waals surface area contributed by atoms with Crippen molar-refractivity contribution in [2.75, 3.05) is 0 Å². The first-order valence-corrected chi connectivity index (χ1v) is 0.383. The fraction of sp³-hybridized carbons (Fsp3) is 0. The summed E-state index contributed by atoms with van der Waals surface area (Å²) in [4.78, 5) is 8.11. The van der Waals surface area contributed by atoms with Gasteiger partial charge in [0, 0.05) is 0 Å². The molecule has 0 aromatic rings. The Morgan fingerprint density at radius 1 is 1.80 bits per heavy atom. The molecule has 22 valence electrons. The Labute approximate surface area is 66.5 Å². The van der Waals surface area contributed by atoms with Gasteiger partial charge in [-0.1, -0.05) is 0 Å². The average molecular weight is 79.0 g/mol. The van der Waals surface area contributed by atoms with Gasteiger partial charge in [0.1, 0.15) is 0 Å². The zero-order valence-corrected chi connectivity index (χ0v) is 5.30. The maximum absolute atomic E-state index is 8.11. The van der Waals surface area contributed by atoms with Crippen LogP contribution >= 0.6 is 0 Å². The predicted molar refractivity (Wildman–Crippen MR) is 9.81 cm³/mol. The molecule has 0 saturated carbocycles. The van der Waals surface area contributed by atoms with Gasteiger partial charge in [-0.2, -0.15) is 0 Å². The summed E-state index contributed by atoms with van der Waals surface area (Å²) < 4.78 is 0. The molecule has 0 aromatic carbocycles. The van der Waals surface area contributed by atoms with Crippen molar-refractivity contribution >= 4 is 0 Å². The van der Waals surface area contributed by atoms with Gasteiger partial charge in [-0.05, 0) is 0 Å². The molecular weight excluding hydrogens is 75.9 g/mol. The minimum atomic E-state index is 0.